The summed E-state index contributed by atoms with van der Waals surface area (Å²) >= 11 is 5.46. The predicted octanol–water partition coefficient (Wildman–Crippen LogP) is 1.54. The zero-order valence-corrected chi connectivity index (χ0v) is 54.2. The number of phenolic OH excluding ortho intramolecular Hbond substituents is 1. The Labute approximate surface area is 538 Å². The number of unbranched alkanes of at least 4 members (excludes halogenated alkanes) is 1. The number of aliphatic hydroxyl groups excluding tert-OH is 1. The van der Waals surface area contributed by atoms with Crippen LogP contribution in [0.3, 0.4) is 0 Å². The molecule has 90 heavy (non-hydrogen) atoms. The highest BCUT2D eigenvalue weighted by Crippen LogP contribution is 2.32. The fourth-order valence-corrected chi connectivity index (χ4v) is 12.4. The van der Waals surface area contributed by atoms with Gasteiger partial charge in [-0.05, 0) is 107 Å². The Morgan fingerprint density at radius 2 is 1.34 bits per heavy atom. The van der Waals surface area contributed by atoms with Gasteiger partial charge in [0.1, 0.15) is 62.3 Å². The number of aliphatic hydroxyl groups is 1. The van der Waals surface area contributed by atoms with E-state index in [4.69, 9.17) is 38.6 Å². The number of anilines is 1. The highest BCUT2D eigenvalue weighted by molar-refractivity contribution is 7.16. The minimum atomic E-state index is -1.50. The molecule has 0 fully saturated rings. The van der Waals surface area contributed by atoms with Gasteiger partial charge in [0.25, 0.3) is 11.8 Å². The molecule has 0 unspecified atom stereocenters. The van der Waals surface area contributed by atoms with Crippen molar-refractivity contribution in [1.82, 2.24) is 67.5 Å². The molecule has 31 heteroatoms. The van der Waals surface area contributed by atoms with Crippen molar-refractivity contribution < 1.29 is 43.8 Å². The zero-order valence-electron chi connectivity index (χ0n) is 50.9. The molecule has 5 aromatic heterocycles. The van der Waals surface area contributed by atoms with Crippen LogP contribution in [0.1, 0.15) is 113 Å². The molecule has 7 atom stereocenters. The predicted molar refractivity (Wildman–Crippen MR) is 349 cm³/mol. The third kappa shape index (κ3) is 22.8. The Hall–Kier alpha value is -7.46. The lowest BCUT2D eigenvalue weighted by Gasteiger charge is -2.31. The second-order valence-corrected chi connectivity index (χ2v) is 25.7. The van der Waals surface area contributed by atoms with Crippen LogP contribution in [0.15, 0.2) is 57.9 Å². The van der Waals surface area contributed by atoms with Crippen molar-refractivity contribution in [2.45, 2.75) is 122 Å². The van der Waals surface area contributed by atoms with Gasteiger partial charge in [0.15, 0.2) is 0 Å². The maximum Gasteiger partial charge on any atom is 0.271 e. The zero-order chi connectivity index (χ0) is 65.3. The molecular weight excluding hydrogens is 1230 g/mol. The van der Waals surface area contributed by atoms with Gasteiger partial charge in [-0.3, -0.25) is 33.6 Å². The third-order valence-corrected chi connectivity index (χ3v) is 17.8. The third-order valence-electron chi connectivity index (χ3n) is 14.3. The molecule has 0 radical (unpaired) electrons. The fraction of sp³-hybridized carbons (Fsp3) is 0.492. The molecule has 6 rings (SSSR count). The number of rotatable bonds is 40. The number of thiazole rings is 3. The van der Waals surface area contributed by atoms with Gasteiger partial charge in [-0.2, -0.15) is 0 Å². The number of nitrogens with one attached hydrogen (secondary N) is 8. The van der Waals surface area contributed by atoms with Gasteiger partial charge < -0.3 is 81.4 Å². The van der Waals surface area contributed by atoms with E-state index in [1.54, 1.807) is 35.0 Å². The Morgan fingerprint density at radius 3 is 2.02 bits per heavy atom. The summed E-state index contributed by atoms with van der Waals surface area (Å²) in [6.07, 6.45) is 2.64. The minimum absolute atomic E-state index is 0.0108. The number of nitrogen functional groups attached to an aromatic ring is 1. The Balaban J connectivity index is 1.06. The lowest BCUT2D eigenvalue weighted by molar-refractivity contribution is -0.134. The largest absolute Gasteiger partial charge is 0.508 e. The normalized spacial score (nSPS) is 13.8. The quantitative estimate of drug-likeness (QED) is 0.0243. The standard InChI is InChI=1S/C59H84N18O9S4/c1-32(2)24-39(71-56(85)42(26-37-10-7-23-87-37)73-57(86)48-33(3)50(63)77-52(76-48)40(27-46(62)79)69-28-38(61)51(64)81)49(80)34(4)53(82)72-41(25-35-11-13-36(78)14-12-35)54(83)68-22-15-47-70-44(30-88-47)58-75-45(31-90-58)59-74-43(29-89-59)55(84)67-21-9-20-66-18-6-5-17-65-19-8-16-60/h7,10-14,23,29-32,34,38-42,49,65-66,69,78,80H,5-6,8-9,15-22,24-28,60-61H2,1-4H3,(H2,62,79)(H2,64,81)(H,67,84)(H,68,83)(H,71,85)(H,72,82)(H,73,86)(H2,63,76,77)/t34-,38-,39+,40-,41-,42-,49-/m0/s1. The number of benzene rings is 1. The summed E-state index contributed by atoms with van der Waals surface area (Å²) in [6, 6.07) is 4.12. The molecule has 0 aliphatic heterocycles. The van der Waals surface area contributed by atoms with Crippen molar-refractivity contribution >= 4 is 92.5 Å². The van der Waals surface area contributed by atoms with E-state index in [2.05, 4.69) is 57.5 Å². The van der Waals surface area contributed by atoms with Crippen LogP contribution in [0.4, 0.5) is 5.82 Å². The van der Waals surface area contributed by atoms with E-state index in [0.717, 1.165) is 61.7 Å². The minimum Gasteiger partial charge on any atom is -0.508 e. The van der Waals surface area contributed by atoms with Crippen LogP contribution in [0.25, 0.3) is 21.4 Å². The summed E-state index contributed by atoms with van der Waals surface area (Å²) in [5.41, 5.74) is 30.6. The molecule has 5 heterocycles. The molecular formula is C59H84N18O9S4. The monoisotopic (exact) mass is 1320 g/mol. The SMILES string of the molecule is Cc1c(N)nc([C@H](CC(N)=O)NC[C@H](N)C(N)=O)nc1C(=O)N[C@@H](Cc1cccs1)C(=O)N[C@H](CC(C)C)[C@@H](O)[C@H](C)C(=O)N[C@@H](Cc1ccc(O)cc1)C(=O)NCCc1nc(-c2nc(-c3nc(C(=O)NCCCNCCCCNCCCN)cs3)cs2)cs1. The fourth-order valence-electron chi connectivity index (χ4n) is 9.19. The first kappa shape index (κ1) is 71.6. The van der Waals surface area contributed by atoms with Crippen LogP contribution >= 0.6 is 45.3 Å². The van der Waals surface area contributed by atoms with Crippen molar-refractivity contribution in [2.24, 2.45) is 34.8 Å². The van der Waals surface area contributed by atoms with Crippen LogP contribution < -0.4 is 71.2 Å². The summed E-state index contributed by atoms with van der Waals surface area (Å²) in [6.45, 7) is 11.6. The maximum absolute atomic E-state index is 14.5. The van der Waals surface area contributed by atoms with E-state index >= 15 is 0 Å². The molecule has 7 amide bonds. The van der Waals surface area contributed by atoms with Crippen LogP contribution in [0, 0.1) is 18.8 Å². The smallest absolute Gasteiger partial charge is 0.271 e. The van der Waals surface area contributed by atoms with Gasteiger partial charge in [-0.1, -0.05) is 39.0 Å². The number of hydrogen-bond acceptors (Lipinski definition) is 24. The molecule has 0 saturated heterocycles. The number of thiophene rings is 1. The molecule has 0 bridgehead atoms. The Bertz CT molecular complexity index is 3290. The molecule has 27 nitrogen and oxygen atoms in total. The van der Waals surface area contributed by atoms with E-state index in [1.165, 1.54) is 71.3 Å². The topological polar surface area (TPSA) is 451 Å². The van der Waals surface area contributed by atoms with E-state index in [0.29, 0.717) is 52.2 Å². The lowest BCUT2D eigenvalue weighted by atomic mass is 9.90. The van der Waals surface area contributed by atoms with Crippen molar-refractivity contribution in [2.75, 3.05) is 58.1 Å². The number of phenols is 1. The number of primary amides is 2. The van der Waals surface area contributed by atoms with Gasteiger partial charge >= 0.3 is 0 Å². The highest BCUT2D eigenvalue weighted by atomic mass is 32.1. The first-order chi connectivity index (χ1) is 43.1. The summed E-state index contributed by atoms with van der Waals surface area (Å²) in [4.78, 5) is 117. The molecule has 1 aromatic carbocycles. The second kappa shape index (κ2) is 36.4. The number of carbonyl (C=O) groups is 7. The van der Waals surface area contributed by atoms with Crippen molar-refractivity contribution in [3.8, 4) is 27.2 Å². The average Bonchev–Trinajstić information content (AvgIpc) is 1.43. The van der Waals surface area contributed by atoms with Crippen LogP contribution in [-0.2, 0) is 43.2 Å². The molecule has 6 aromatic rings. The number of hydrogen-bond donors (Lipinski definition) is 15. The number of aromatic hydroxyl groups is 1. The van der Waals surface area contributed by atoms with Gasteiger partial charge in [0.05, 0.1) is 35.2 Å². The molecule has 0 spiro atoms. The number of carbonyl (C=O) groups excluding carboxylic acids is 7. The van der Waals surface area contributed by atoms with Crippen LogP contribution in [-0.4, -0.2) is 159 Å². The average molecular weight is 1320 g/mol. The molecule has 0 aliphatic carbocycles. The number of aromatic nitrogens is 5. The van der Waals surface area contributed by atoms with E-state index < -0.39 is 77.7 Å². The highest BCUT2D eigenvalue weighted by Gasteiger charge is 2.36. The second-order valence-electron chi connectivity index (χ2n) is 22.0. The summed E-state index contributed by atoms with van der Waals surface area (Å²) in [5.74, 6) is -6.08. The summed E-state index contributed by atoms with van der Waals surface area (Å²) < 4.78 is 0. The first-order valence-electron chi connectivity index (χ1n) is 29.7. The van der Waals surface area contributed by atoms with Crippen LogP contribution in [0.5, 0.6) is 5.75 Å². The summed E-state index contributed by atoms with van der Waals surface area (Å²) in [7, 11) is 0. The van der Waals surface area contributed by atoms with Crippen molar-refractivity contribution in [1.29, 1.82) is 0 Å². The van der Waals surface area contributed by atoms with E-state index in [9.17, 15) is 43.8 Å². The van der Waals surface area contributed by atoms with Gasteiger partial charge in [0.2, 0.25) is 29.5 Å². The Kier molecular flexibility index (Phi) is 29.0. The Morgan fingerprint density at radius 1 is 0.678 bits per heavy atom. The first-order valence-corrected chi connectivity index (χ1v) is 33.3. The van der Waals surface area contributed by atoms with Crippen molar-refractivity contribution in [3.63, 3.8) is 0 Å². The van der Waals surface area contributed by atoms with E-state index in [-0.39, 0.29) is 79.2 Å². The number of amides is 7. The molecule has 0 aliphatic rings. The molecule has 20 N–H and O–H groups in total. The number of nitrogens with two attached hydrogens (primary N) is 5. The van der Waals surface area contributed by atoms with Crippen molar-refractivity contribution in [3.05, 3.63) is 96.1 Å². The van der Waals surface area contributed by atoms with Crippen LogP contribution in [0.2, 0.25) is 0 Å². The molecule has 488 valence electrons. The number of nitrogens with zero attached hydrogens (tertiary/aromatic N) is 5. The summed E-state index contributed by atoms with van der Waals surface area (Å²) in [5, 5.41) is 55.3. The molecule has 0 saturated carbocycles. The lowest BCUT2D eigenvalue weighted by Crippen LogP contribution is -2.57. The van der Waals surface area contributed by atoms with Gasteiger partial charge in [-0.25, -0.2) is 24.9 Å². The maximum atomic E-state index is 14.5. The van der Waals surface area contributed by atoms with Gasteiger partial charge in [-0.15, -0.1) is 45.3 Å². The van der Waals surface area contributed by atoms with E-state index in [1.807, 2.05) is 24.6 Å². The van der Waals surface area contributed by atoms with Gasteiger partial charge in [0, 0.05) is 71.9 Å².